The highest BCUT2D eigenvalue weighted by Gasteiger charge is 2.62. The van der Waals surface area contributed by atoms with Gasteiger partial charge in [-0.25, -0.2) is 27.2 Å². The lowest BCUT2D eigenvalue weighted by Gasteiger charge is -2.29. The molecular weight excluding hydrogens is 765 g/mol. The molecule has 4 aliphatic rings. The van der Waals surface area contributed by atoms with E-state index in [4.69, 9.17) is 4.74 Å². The van der Waals surface area contributed by atoms with Crippen molar-refractivity contribution in [3.05, 3.63) is 76.8 Å². The van der Waals surface area contributed by atoms with Crippen LogP contribution >= 0.6 is 11.3 Å². The van der Waals surface area contributed by atoms with Gasteiger partial charge < -0.3 is 15.0 Å². The maximum atomic E-state index is 14.6. The van der Waals surface area contributed by atoms with E-state index in [-0.39, 0.29) is 48.8 Å². The fourth-order valence-corrected chi connectivity index (χ4v) is 9.88. The summed E-state index contributed by atoms with van der Waals surface area (Å²) in [5, 5.41) is 5.79. The minimum absolute atomic E-state index is 0.0164. The van der Waals surface area contributed by atoms with Gasteiger partial charge in [0, 0.05) is 35.1 Å². The average Bonchev–Trinajstić information content (AvgIpc) is 3.90. The van der Waals surface area contributed by atoms with Crippen molar-refractivity contribution in [3.63, 3.8) is 0 Å². The number of Topliss-reactive ketones (excluding diaryl/α,β-unsaturated/α-hetero) is 1. The molecule has 2 aliphatic heterocycles. The van der Waals surface area contributed by atoms with Crippen LogP contribution in [0.5, 0.6) is 5.88 Å². The number of benzene rings is 2. The van der Waals surface area contributed by atoms with Crippen LogP contribution in [0.3, 0.4) is 0 Å². The number of ketones is 1. The van der Waals surface area contributed by atoms with Gasteiger partial charge in [0.1, 0.15) is 29.5 Å². The Morgan fingerprint density at radius 2 is 1.79 bits per heavy atom. The molecule has 1 saturated heterocycles. The van der Waals surface area contributed by atoms with Crippen molar-refractivity contribution in [2.45, 2.75) is 94.1 Å². The van der Waals surface area contributed by atoms with E-state index in [1.54, 1.807) is 12.3 Å². The summed E-state index contributed by atoms with van der Waals surface area (Å²) in [4.78, 5) is 66.4. The molecule has 8 rings (SSSR count). The van der Waals surface area contributed by atoms with E-state index in [1.807, 2.05) is 12.2 Å². The number of sulfonamides is 1. The zero-order valence-electron chi connectivity index (χ0n) is 30.6. The molecule has 0 radical (unpaired) electrons. The molecule has 12 nitrogen and oxygen atoms in total. The number of fused-ring (bicyclic) bond motifs is 5. The fourth-order valence-electron chi connectivity index (χ4n) is 8.01. The largest absolute Gasteiger partial charge is 0.472 e. The van der Waals surface area contributed by atoms with Gasteiger partial charge in [0.2, 0.25) is 27.7 Å². The lowest BCUT2D eigenvalue weighted by atomic mass is 9.91. The van der Waals surface area contributed by atoms with Gasteiger partial charge in [-0.2, -0.15) is 0 Å². The molecule has 294 valence electrons. The second kappa shape index (κ2) is 14.6. The SMILES string of the molecule is CC1(S(=O)(=O)NC(=O)[C@]23CC(=O)[C@@H]4C[C@@H](Oc5nc6cc(F)ccc6c6cc(F)ccc56)CN4C(=O)[C@@H](NC(=O)c4cscn4)CCCCC/C=C\[C@@H]2C3)CC1. The van der Waals surface area contributed by atoms with E-state index < -0.39 is 73.5 Å². The number of aromatic nitrogens is 2. The topological polar surface area (TPSA) is 165 Å². The van der Waals surface area contributed by atoms with Crippen LogP contribution in [0.1, 0.15) is 81.6 Å². The first-order valence-electron chi connectivity index (χ1n) is 18.9. The first kappa shape index (κ1) is 38.1. The molecule has 2 aromatic carbocycles. The van der Waals surface area contributed by atoms with E-state index >= 15 is 0 Å². The Bertz CT molecular complexity index is 2390. The van der Waals surface area contributed by atoms with Crippen LogP contribution in [-0.2, 0) is 24.4 Å². The molecule has 3 amide bonds. The van der Waals surface area contributed by atoms with Crippen LogP contribution in [0.25, 0.3) is 21.7 Å². The molecule has 16 heteroatoms. The highest BCUT2D eigenvalue weighted by atomic mass is 32.2. The number of halogens is 2. The third-order valence-electron chi connectivity index (χ3n) is 11.8. The zero-order chi connectivity index (χ0) is 39.4. The Hall–Kier alpha value is -4.83. The number of pyridine rings is 1. The highest BCUT2D eigenvalue weighted by molar-refractivity contribution is 7.91. The number of nitrogens with zero attached hydrogens (tertiary/aromatic N) is 3. The normalized spacial score (nSPS) is 27.1. The minimum Gasteiger partial charge on any atom is -0.472 e. The quantitative estimate of drug-likeness (QED) is 0.175. The third-order valence-corrected chi connectivity index (χ3v) is 14.5. The van der Waals surface area contributed by atoms with E-state index in [0.717, 1.165) is 12.8 Å². The maximum Gasteiger partial charge on any atom is 0.271 e. The summed E-state index contributed by atoms with van der Waals surface area (Å²) >= 11 is 1.24. The summed E-state index contributed by atoms with van der Waals surface area (Å²) in [6.07, 6.45) is 6.88. The Labute approximate surface area is 326 Å². The highest BCUT2D eigenvalue weighted by Crippen LogP contribution is 2.57. The predicted octanol–water partition coefficient (Wildman–Crippen LogP) is 5.75. The Morgan fingerprint density at radius 3 is 2.54 bits per heavy atom. The second-order valence-corrected chi connectivity index (χ2v) is 18.6. The number of thiazole rings is 1. The molecule has 4 heterocycles. The summed E-state index contributed by atoms with van der Waals surface area (Å²) in [5.74, 6) is -3.62. The molecule has 2 N–H and O–H groups in total. The molecule has 0 unspecified atom stereocenters. The number of carbonyl (C=O) groups excluding carboxylic acids is 4. The van der Waals surface area contributed by atoms with Gasteiger partial charge in [0.25, 0.3) is 5.91 Å². The first-order chi connectivity index (χ1) is 26.8. The third kappa shape index (κ3) is 7.28. The minimum atomic E-state index is -3.99. The number of carbonyl (C=O) groups is 4. The summed E-state index contributed by atoms with van der Waals surface area (Å²) in [6, 6.07) is 5.92. The van der Waals surface area contributed by atoms with Gasteiger partial charge >= 0.3 is 0 Å². The molecule has 3 fully saturated rings. The maximum absolute atomic E-state index is 14.6. The van der Waals surface area contributed by atoms with Crippen LogP contribution in [0.4, 0.5) is 8.78 Å². The van der Waals surface area contributed by atoms with Crippen molar-refractivity contribution >= 4 is 66.5 Å². The first-order valence-corrected chi connectivity index (χ1v) is 21.3. The monoisotopic (exact) mass is 805 g/mol. The van der Waals surface area contributed by atoms with Crippen molar-refractivity contribution in [2.24, 2.45) is 11.3 Å². The van der Waals surface area contributed by atoms with Crippen LogP contribution in [0, 0.1) is 23.0 Å². The van der Waals surface area contributed by atoms with Crippen LogP contribution in [0.15, 0.2) is 59.4 Å². The van der Waals surface area contributed by atoms with E-state index in [0.29, 0.717) is 48.3 Å². The van der Waals surface area contributed by atoms with Gasteiger partial charge in [-0.1, -0.05) is 25.0 Å². The molecule has 5 atom stereocenters. The number of allylic oxidation sites excluding steroid dienone is 2. The average molecular weight is 806 g/mol. The van der Waals surface area contributed by atoms with Crippen LogP contribution in [-0.4, -0.2) is 76.3 Å². The molecular formula is C40H41F2N5O7S2. The number of nitrogens with one attached hydrogen (secondary N) is 2. The predicted molar refractivity (Wildman–Crippen MR) is 204 cm³/mol. The van der Waals surface area contributed by atoms with E-state index in [1.165, 1.54) is 58.1 Å². The van der Waals surface area contributed by atoms with Crippen molar-refractivity contribution in [3.8, 4) is 5.88 Å². The Kier molecular flexibility index (Phi) is 9.92. The molecule has 0 bridgehead atoms. The van der Waals surface area contributed by atoms with Crippen molar-refractivity contribution < 1.29 is 41.1 Å². The lowest BCUT2D eigenvalue weighted by Crippen LogP contribution is -2.52. The number of hydrogen-bond acceptors (Lipinski definition) is 10. The van der Waals surface area contributed by atoms with E-state index in [9.17, 15) is 36.4 Å². The van der Waals surface area contributed by atoms with Crippen LogP contribution < -0.4 is 14.8 Å². The van der Waals surface area contributed by atoms with Gasteiger partial charge in [0.15, 0.2) is 5.78 Å². The second-order valence-electron chi connectivity index (χ2n) is 15.7. The fraction of sp³-hybridized carbons (Fsp3) is 0.450. The number of amides is 3. The van der Waals surface area contributed by atoms with Gasteiger partial charge in [-0.05, 0) is 87.1 Å². The lowest BCUT2D eigenvalue weighted by molar-refractivity contribution is -0.140. The van der Waals surface area contributed by atoms with Crippen molar-refractivity contribution in [2.75, 3.05) is 6.54 Å². The molecule has 2 aliphatic carbocycles. The van der Waals surface area contributed by atoms with Gasteiger partial charge in [-0.15, -0.1) is 11.3 Å². The number of rotatable bonds is 7. The zero-order valence-corrected chi connectivity index (χ0v) is 32.3. The van der Waals surface area contributed by atoms with Crippen molar-refractivity contribution in [1.82, 2.24) is 24.9 Å². The molecule has 2 saturated carbocycles. The summed E-state index contributed by atoms with van der Waals surface area (Å²) in [5.41, 5.74) is 0.559. The van der Waals surface area contributed by atoms with Gasteiger partial charge in [-0.3, -0.25) is 23.9 Å². The molecule has 0 spiro atoms. The van der Waals surface area contributed by atoms with Gasteiger partial charge in [0.05, 0.1) is 33.8 Å². The summed E-state index contributed by atoms with van der Waals surface area (Å²) < 4.78 is 62.9. The van der Waals surface area contributed by atoms with Crippen molar-refractivity contribution in [1.29, 1.82) is 0 Å². The number of ether oxygens (including phenoxy) is 1. The van der Waals surface area contributed by atoms with E-state index in [2.05, 4.69) is 20.0 Å². The molecule has 2 aromatic heterocycles. The summed E-state index contributed by atoms with van der Waals surface area (Å²) in [6.45, 7) is 1.48. The van der Waals surface area contributed by atoms with Crippen LogP contribution in [0.2, 0.25) is 0 Å². The standard InChI is InChI=1S/C40H41F2N5O7S2/c1-39(13-14-39)56(52,53)46-38(51)40-18-23(40)7-5-3-2-4-6-8-30(44-35(49)32-21-55-22-43-32)37(50)47-20-26(17-33(47)34(48)19-40)54-36-28-12-10-24(41)15-29(28)27-11-9-25(42)16-31(27)45-36/h5,7,9-12,15-16,21-23,26,30,33H,2-4,6,8,13-14,17-20H2,1H3,(H,44,49)(H,46,51)/b7-5-/t23-,26-,30+,33+,40-/m1/s1. The Balaban J connectivity index is 1.14. The molecule has 56 heavy (non-hydrogen) atoms. The molecule has 4 aromatic rings. The summed E-state index contributed by atoms with van der Waals surface area (Å²) in [7, 11) is -3.99. The number of hydrogen-bond donors (Lipinski definition) is 2. The smallest absolute Gasteiger partial charge is 0.271 e. The Morgan fingerprint density at radius 1 is 1.02 bits per heavy atom.